The second-order valence-corrected chi connectivity index (χ2v) is 12.0. The molecular formula is C8H22Si2. The van der Waals surface area contributed by atoms with Gasteiger partial charge < -0.3 is 0 Å². The van der Waals surface area contributed by atoms with Crippen LogP contribution in [0.1, 0.15) is 20.3 Å². The van der Waals surface area contributed by atoms with Crippen molar-refractivity contribution in [2.24, 2.45) is 0 Å². The molecule has 0 aromatic rings. The first-order chi connectivity index (χ1) is 4.54. The summed E-state index contributed by atoms with van der Waals surface area (Å²) in [6, 6.07) is 0. The Morgan fingerprint density at radius 3 is 2.20 bits per heavy atom. The van der Waals surface area contributed by atoms with E-state index in [0.717, 1.165) is 5.54 Å². The highest BCUT2D eigenvalue weighted by molar-refractivity contribution is 6.85. The van der Waals surface area contributed by atoms with E-state index in [2.05, 4.69) is 33.5 Å². The molecule has 0 saturated carbocycles. The Bertz CT molecular complexity index is 89.3. The van der Waals surface area contributed by atoms with E-state index in [1.807, 2.05) is 0 Å². The highest BCUT2D eigenvalue weighted by Gasteiger charge is 2.25. The molecule has 0 saturated heterocycles. The molecule has 1 unspecified atom stereocenters. The van der Waals surface area contributed by atoms with Gasteiger partial charge in [-0.1, -0.05) is 45.6 Å². The third-order valence-electron chi connectivity index (χ3n) is 2.84. The Hall–Kier alpha value is 0.434. The van der Waals surface area contributed by atoms with E-state index in [9.17, 15) is 0 Å². The molecule has 2 heteroatoms. The Balaban J connectivity index is 3.82. The molecular weight excluding hydrogens is 152 g/mol. The van der Waals surface area contributed by atoms with Crippen molar-refractivity contribution in [1.29, 1.82) is 0 Å². The Morgan fingerprint density at radius 1 is 1.40 bits per heavy atom. The van der Waals surface area contributed by atoms with Crippen molar-refractivity contribution >= 4 is 17.6 Å². The molecule has 0 aliphatic rings. The highest BCUT2D eigenvalue weighted by atomic mass is 28.4. The molecule has 0 radical (unpaired) electrons. The molecule has 0 aliphatic heterocycles. The van der Waals surface area contributed by atoms with Crippen LogP contribution >= 0.6 is 0 Å². The molecule has 0 amide bonds. The van der Waals surface area contributed by atoms with Gasteiger partial charge in [-0.2, -0.15) is 0 Å². The summed E-state index contributed by atoms with van der Waals surface area (Å²) in [7, 11) is -0.426. The average molecular weight is 174 g/mol. The molecule has 0 N–H and O–H groups in total. The van der Waals surface area contributed by atoms with Gasteiger partial charge in [-0.25, -0.2) is 0 Å². The van der Waals surface area contributed by atoms with Crippen LogP contribution in [0.25, 0.3) is 0 Å². The Morgan fingerprint density at radius 2 is 1.90 bits per heavy atom. The summed E-state index contributed by atoms with van der Waals surface area (Å²) in [6.07, 6.45) is 1.40. The molecule has 0 aromatic heterocycles. The second kappa shape index (κ2) is 4.34. The summed E-state index contributed by atoms with van der Waals surface area (Å²) < 4.78 is 0. The van der Waals surface area contributed by atoms with Crippen molar-refractivity contribution in [3.63, 3.8) is 0 Å². The summed E-state index contributed by atoms with van der Waals surface area (Å²) in [5.74, 6) is 0. The largest absolute Gasteiger partial charge is 0.0750 e. The average Bonchev–Trinajstić information content (AvgIpc) is 1.86. The molecule has 1 atom stereocenters. The molecule has 0 fully saturated rings. The van der Waals surface area contributed by atoms with E-state index < -0.39 is 8.07 Å². The maximum atomic E-state index is 2.55. The van der Waals surface area contributed by atoms with Crippen LogP contribution in [0.15, 0.2) is 0 Å². The standard InChI is InChI=1S/C8H22Si2/c1-6-8(2)10(4,5)7-9-3/h8H,6-7,9H2,1-5H3. The van der Waals surface area contributed by atoms with E-state index in [4.69, 9.17) is 0 Å². The van der Waals surface area contributed by atoms with Crippen LogP contribution < -0.4 is 0 Å². The van der Waals surface area contributed by atoms with E-state index in [1.54, 1.807) is 5.67 Å². The first kappa shape index (κ1) is 10.4. The zero-order valence-electron chi connectivity index (χ0n) is 8.20. The predicted octanol–water partition coefficient (Wildman–Crippen LogP) is 2.67. The molecule has 0 rings (SSSR count). The lowest BCUT2D eigenvalue weighted by molar-refractivity contribution is 0.841. The summed E-state index contributed by atoms with van der Waals surface area (Å²) in [4.78, 5) is 0. The zero-order chi connectivity index (χ0) is 8.20. The molecule has 0 spiro atoms. The van der Waals surface area contributed by atoms with E-state index >= 15 is 0 Å². The topological polar surface area (TPSA) is 0 Å². The second-order valence-electron chi connectivity index (χ2n) is 4.05. The van der Waals surface area contributed by atoms with Crippen molar-refractivity contribution in [3.05, 3.63) is 0 Å². The van der Waals surface area contributed by atoms with Crippen LogP contribution in [-0.2, 0) is 0 Å². The van der Waals surface area contributed by atoms with Gasteiger partial charge in [0.15, 0.2) is 0 Å². The lowest BCUT2D eigenvalue weighted by Crippen LogP contribution is -2.31. The fraction of sp³-hybridized carbons (Fsp3) is 1.00. The van der Waals surface area contributed by atoms with Crippen molar-refractivity contribution < 1.29 is 0 Å². The minimum absolute atomic E-state index is 0.319. The van der Waals surface area contributed by atoms with E-state index in [0.29, 0.717) is 9.52 Å². The quantitative estimate of drug-likeness (QED) is 0.575. The van der Waals surface area contributed by atoms with Crippen molar-refractivity contribution in [3.8, 4) is 0 Å². The van der Waals surface area contributed by atoms with E-state index in [1.165, 1.54) is 6.42 Å². The van der Waals surface area contributed by atoms with Crippen LogP contribution in [0, 0.1) is 0 Å². The van der Waals surface area contributed by atoms with Gasteiger partial charge in [0.1, 0.15) is 0 Å². The summed E-state index contributed by atoms with van der Waals surface area (Å²) in [5.41, 5.74) is 2.68. The Kier molecular flexibility index (Phi) is 4.53. The Labute approximate surface area is 69.2 Å². The van der Waals surface area contributed by atoms with Crippen molar-refractivity contribution in [1.82, 2.24) is 0 Å². The maximum Gasteiger partial charge on any atom is 0.0470 e. The van der Waals surface area contributed by atoms with Crippen LogP contribution in [-0.4, -0.2) is 17.6 Å². The van der Waals surface area contributed by atoms with Gasteiger partial charge in [0.2, 0.25) is 0 Å². The number of hydrogen-bond donors (Lipinski definition) is 0. The monoisotopic (exact) mass is 174 g/mol. The third kappa shape index (κ3) is 3.01. The minimum atomic E-state index is -0.745. The zero-order valence-corrected chi connectivity index (χ0v) is 10.6. The molecule has 0 nitrogen and oxygen atoms in total. The third-order valence-corrected chi connectivity index (χ3v) is 13.1. The molecule has 0 aliphatic carbocycles. The smallest absolute Gasteiger partial charge is 0.0470 e. The summed E-state index contributed by atoms with van der Waals surface area (Å²) in [5, 5.41) is 0. The van der Waals surface area contributed by atoms with Crippen LogP contribution in [0.5, 0.6) is 0 Å². The minimum Gasteiger partial charge on any atom is -0.0750 e. The first-order valence-corrected chi connectivity index (χ1v) is 10.2. The number of rotatable bonds is 4. The molecule has 0 heterocycles. The number of hydrogen-bond acceptors (Lipinski definition) is 0. The summed E-state index contributed by atoms with van der Waals surface area (Å²) in [6.45, 7) is 12.3. The molecule has 0 bridgehead atoms. The lowest BCUT2D eigenvalue weighted by atomic mass is 10.4. The van der Waals surface area contributed by atoms with E-state index in [-0.39, 0.29) is 0 Å². The van der Waals surface area contributed by atoms with Gasteiger partial charge in [-0.15, -0.1) is 0 Å². The molecule has 0 aromatic carbocycles. The predicted molar refractivity (Wildman–Crippen MR) is 56.4 cm³/mol. The first-order valence-electron chi connectivity index (χ1n) is 4.54. The normalized spacial score (nSPS) is 16.5. The molecule has 62 valence electrons. The van der Waals surface area contributed by atoms with Gasteiger partial charge in [-0.3, -0.25) is 0 Å². The van der Waals surface area contributed by atoms with Crippen LogP contribution in [0.4, 0.5) is 0 Å². The molecule has 10 heavy (non-hydrogen) atoms. The van der Waals surface area contributed by atoms with Gasteiger partial charge in [-0.05, 0) is 5.54 Å². The van der Waals surface area contributed by atoms with Gasteiger partial charge in [0, 0.05) is 17.6 Å². The fourth-order valence-corrected chi connectivity index (χ4v) is 9.67. The van der Waals surface area contributed by atoms with Crippen LogP contribution in [0.2, 0.25) is 30.8 Å². The van der Waals surface area contributed by atoms with Gasteiger partial charge in [0.05, 0.1) is 0 Å². The fourth-order valence-electron chi connectivity index (χ4n) is 1.44. The SMILES string of the molecule is CCC(C)[Si](C)(C)C[SiH2]C. The van der Waals surface area contributed by atoms with Crippen molar-refractivity contribution in [2.45, 2.75) is 51.1 Å². The van der Waals surface area contributed by atoms with Gasteiger partial charge in [0.25, 0.3) is 0 Å². The maximum absolute atomic E-state index is 2.55. The van der Waals surface area contributed by atoms with Crippen molar-refractivity contribution in [2.75, 3.05) is 0 Å². The van der Waals surface area contributed by atoms with Crippen LogP contribution in [0.3, 0.4) is 0 Å². The summed E-state index contributed by atoms with van der Waals surface area (Å²) >= 11 is 0. The highest BCUT2D eigenvalue weighted by Crippen LogP contribution is 2.27. The van der Waals surface area contributed by atoms with Gasteiger partial charge >= 0.3 is 0 Å². The lowest BCUT2D eigenvalue weighted by Gasteiger charge is -2.28.